The van der Waals surface area contributed by atoms with Gasteiger partial charge in [0.25, 0.3) is 0 Å². The van der Waals surface area contributed by atoms with Crippen LogP contribution in [0.1, 0.15) is 20.3 Å². The Kier molecular flexibility index (Phi) is 8.28. The van der Waals surface area contributed by atoms with E-state index < -0.39 is 8.80 Å². The summed E-state index contributed by atoms with van der Waals surface area (Å²) < 4.78 is 16.6. The number of alkyl halides is 1. The minimum atomic E-state index is -2.32. The molecule has 0 aliphatic rings. The summed E-state index contributed by atoms with van der Waals surface area (Å²) in [6.07, 6.45) is 1.03. The van der Waals surface area contributed by atoms with Gasteiger partial charge in [0.05, 0.1) is 0 Å². The van der Waals surface area contributed by atoms with Crippen molar-refractivity contribution in [1.82, 2.24) is 0 Å². The van der Waals surface area contributed by atoms with E-state index in [1.54, 1.807) is 7.11 Å². The third-order valence-corrected chi connectivity index (χ3v) is 5.26. The summed E-state index contributed by atoms with van der Waals surface area (Å²) in [5.41, 5.74) is 0. The fourth-order valence-electron chi connectivity index (χ4n) is 1.13. The average molecular weight is 271 g/mol. The lowest BCUT2D eigenvalue weighted by Crippen LogP contribution is -2.44. The molecule has 0 unspecified atom stereocenters. The van der Waals surface area contributed by atoms with Gasteiger partial charge in [-0.15, -0.1) is 0 Å². The van der Waals surface area contributed by atoms with Crippen LogP contribution in [0, 0.1) is 0 Å². The van der Waals surface area contributed by atoms with E-state index >= 15 is 0 Å². The van der Waals surface area contributed by atoms with Crippen molar-refractivity contribution in [3.8, 4) is 0 Å². The van der Waals surface area contributed by atoms with E-state index in [1.165, 1.54) is 0 Å². The van der Waals surface area contributed by atoms with Crippen LogP contribution in [-0.2, 0) is 13.3 Å². The molecule has 0 aromatic heterocycles. The van der Waals surface area contributed by atoms with Crippen molar-refractivity contribution in [2.24, 2.45) is 0 Å². The minimum absolute atomic E-state index is 0.655. The topological polar surface area (TPSA) is 27.7 Å². The summed E-state index contributed by atoms with van der Waals surface area (Å²) in [6, 6.07) is 0.885. The first-order chi connectivity index (χ1) is 6.24. The number of rotatable bonds is 8. The number of hydrogen-bond donors (Lipinski definition) is 0. The highest BCUT2D eigenvalue weighted by molar-refractivity contribution is 9.09. The molecule has 0 aliphatic heterocycles. The Hall–Kier alpha value is 0.577. The molecule has 0 atom stereocenters. The summed E-state index contributed by atoms with van der Waals surface area (Å²) >= 11 is 3.39. The van der Waals surface area contributed by atoms with Crippen LogP contribution in [0.5, 0.6) is 0 Å². The van der Waals surface area contributed by atoms with Crippen LogP contribution < -0.4 is 0 Å². The molecule has 0 amide bonds. The second kappa shape index (κ2) is 7.93. The van der Waals surface area contributed by atoms with Gasteiger partial charge in [-0.1, -0.05) is 15.9 Å². The van der Waals surface area contributed by atoms with Gasteiger partial charge in [-0.3, -0.25) is 0 Å². The van der Waals surface area contributed by atoms with E-state index in [0.29, 0.717) is 13.2 Å². The third kappa shape index (κ3) is 5.12. The minimum Gasteiger partial charge on any atom is -0.377 e. The fourth-order valence-corrected chi connectivity index (χ4v) is 4.23. The Bertz CT molecular complexity index is 118. The third-order valence-electron chi connectivity index (χ3n) is 1.66. The van der Waals surface area contributed by atoms with E-state index in [4.69, 9.17) is 13.3 Å². The van der Waals surface area contributed by atoms with Gasteiger partial charge >= 0.3 is 8.80 Å². The van der Waals surface area contributed by atoms with Gasteiger partial charge in [0.1, 0.15) is 0 Å². The Labute approximate surface area is 90.3 Å². The van der Waals surface area contributed by atoms with Crippen LogP contribution in [-0.4, -0.2) is 34.5 Å². The molecule has 0 saturated heterocycles. The van der Waals surface area contributed by atoms with Crippen molar-refractivity contribution in [3.05, 3.63) is 0 Å². The van der Waals surface area contributed by atoms with E-state index in [-0.39, 0.29) is 0 Å². The highest BCUT2D eigenvalue weighted by Gasteiger charge is 2.38. The lowest BCUT2D eigenvalue weighted by atomic mass is 10.6. The second-order valence-corrected chi connectivity index (χ2v) is 6.19. The second-order valence-electron chi connectivity index (χ2n) is 2.55. The van der Waals surface area contributed by atoms with Crippen molar-refractivity contribution in [3.63, 3.8) is 0 Å². The predicted molar refractivity (Wildman–Crippen MR) is 59.2 cm³/mol. The maximum atomic E-state index is 5.59. The fraction of sp³-hybridized carbons (Fsp3) is 1.00. The lowest BCUT2D eigenvalue weighted by Gasteiger charge is -2.26. The molecule has 5 heteroatoms. The maximum Gasteiger partial charge on any atom is 0.500 e. The molecular formula is C8H19BrO3Si. The van der Waals surface area contributed by atoms with Crippen molar-refractivity contribution >= 4 is 24.7 Å². The van der Waals surface area contributed by atoms with Crippen LogP contribution in [0.2, 0.25) is 6.04 Å². The molecule has 0 saturated carbocycles. The van der Waals surface area contributed by atoms with Crippen LogP contribution in [0.25, 0.3) is 0 Å². The summed E-state index contributed by atoms with van der Waals surface area (Å²) in [4.78, 5) is 0. The van der Waals surface area contributed by atoms with Crippen LogP contribution >= 0.6 is 15.9 Å². The largest absolute Gasteiger partial charge is 0.500 e. The smallest absolute Gasteiger partial charge is 0.377 e. The molecule has 0 bridgehead atoms. The molecule has 0 spiro atoms. The van der Waals surface area contributed by atoms with E-state index in [9.17, 15) is 0 Å². The first-order valence-electron chi connectivity index (χ1n) is 4.63. The monoisotopic (exact) mass is 270 g/mol. The molecule has 0 rings (SSSR count). The molecule has 0 aromatic carbocycles. The van der Waals surface area contributed by atoms with E-state index in [1.807, 2.05) is 13.8 Å². The zero-order chi connectivity index (χ0) is 10.2. The van der Waals surface area contributed by atoms with Crippen LogP contribution in [0.3, 0.4) is 0 Å². The Balaban J connectivity index is 4.07. The number of hydrogen-bond acceptors (Lipinski definition) is 3. The molecule has 80 valence electrons. The summed E-state index contributed by atoms with van der Waals surface area (Å²) in [6.45, 7) is 5.24. The summed E-state index contributed by atoms with van der Waals surface area (Å²) in [5, 5.41) is 0.964. The predicted octanol–water partition coefficient (Wildman–Crippen LogP) is 2.43. The van der Waals surface area contributed by atoms with Crippen LogP contribution in [0.4, 0.5) is 0 Å². The normalized spacial score (nSPS) is 12.0. The first-order valence-corrected chi connectivity index (χ1v) is 7.69. The summed E-state index contributed by atoms with van der Waals surface area (Å²) in [5.74, 6) is 0. The van der Waals surface area contributed by atoms with Crippen molar-refractivity contribution in [1.29, 1.82) is 0 Å². The standard InChI is InChI=1S/C8H19BrO3Si/c1-4-11-13(10-3,12-5-2)8-6-7-9/h4-8H2,1-3H3. The Morgan fingerprint density at radius 1 is 1.15 bits per heavy atom. The first kappa shape index (κ1) is 13.6. The molecule has 13 heavy (non-hydrogen) atoms. The quantitative estimate of drug-likeness (QED) is 0.501. The van der Waals surface area contributed by atoms with Gasteiger partial charge in [0.2, 0.25) is 0 Å². The van der Waals surface area contributed by atoms with Crippen molar-refractivity contribution in [2.75, 3.05) is 25.7 Å². The van der Waals surface area contributed by atoms with Crippen molar-refractivity contribution < 1.29 is 13.3 Å². The van der Waals surface area contributed by atoms with Crippen molar-refractivity contribution in [2.45, 2.75) is 26.3 Å². The maximum absolute atomic E-state index is 5.59. The molecule has 0 aliphatic carbocycles. The molecule has 0 radical (unpaired) electrons. The highest BCUT2D eigenvalue weighted by Crippen LogP contribution is 2.17. The molecule has 0 N–H and O–H groups in total. The van der Waals surface area contributed by atoms with Gasteiger partial charge in [-0.05, 0) is 20.3 Å². The molecule has 0 aromatic rings. The van der Waals surface area contributed by atoms with E-state index in [0.717, 1.165) is 17.8 Å². The van der Waals surface area contributed by atoms with Gasteiger partial charge in [-0.25, -0.2) is 0 Å². The SMILES string of the molecule is CCO[Si](CCCBr)(OC)OCC. The molecule has 0 fully saturated rings. The lowest BCUT2D eigenvalue weighted by molar-refractivity contribution is 0.0866. The van der Waals surface area contributed by atoms with Gasteiger partial charge in [0.15, 0.2) is 0 Å². The Morgan fingerprint density at radius 2 is 1.69 bits per heavy atom. The van der Waals surface area contributed by atoms with E-state index in [2.05, 4.69) is 15.9 Å². The van der Waals surface area contributed by atoms with Gasteiger partial charge in [-0.2, -0.15) is 0 Å². The average Bonchev–Trinajstić information content (AvgIpc) is 2.15. The molecule has 0 heterocycles. The Morgan fingerprint density at radius 3 is 2.00 bits per heavy atom. The molecular weight excluding hydrogens is 252 g/mol. The summed E-state index contributed by atoms with van der Waals surface area (Å²) in [7, 11) is -0.648. The zero-order valence-corrected chi connectivity index (χ0v) is 11.2. The molecule has 3 nitrogen and oxygen atoms in total. The van der Waals surface area contributed by atoms with Crippen LogP contribution in [0.15, 0.2) is 0 Å². The zero-order valence-electron chi connectivity index (χ0n) is 8.64. The number of halogens is 1. The van der Waals surface area contributed by atoms with Gasteiger partial charge < -0.3 is 13.3 Å². The highest BCUT2D eigenvalue weighted by atomic mass is 79.9. The van der Waals surface area contributed by atoms with Gasteiger partial charge in [0, 0.05) is 31.7 Å².